The van der Waals surface area contributed by atoms with Crippen molar-refractivity contribution in [3.05, 3.63) is 70.2 Å². The van der Waals surface area contributed by atoms with Gasteiger partial charge in [-0.15, -0.1) is 0 Å². The van der Waals surface area contributed by atoms with Gasteiger partial charge in [-0.3, -0.25) is 4.90 Å². The van der Waals surface area contributed by atoms with Crippen LogP contribution in [-0.2, 0) is 22.3 Å². The number of hydrogen-bond acceptors (Lipinski definition) is 3. The molecule has 0 unspecified atom stereocenters. The van der Waals surface area contributed by atoms with Crippen LogP contribution in [0.25, 0.3) is 0 Å². The van der Waals surface area contributed by atoms with Crippen LogP contribution >= 0.6 is 15.9 Å². The maximum absolute atomic E-state index is 12.6. The smallest absolute Gasteiger partial charge is 0.218 e. The van der Waals surface area contributed by atoms with Crippen molar-refractivity contribution in [3.63, 3.8) is 0 Å². The van der Waals surface area contributed by atoms with E-state index in [4.69, 9.17) is 0 Å². The fourth-order valence-electron chi connectivity index (χ4n) is 2.91. The maximum Gasteiger partial charge on any atom is 0.218 e. The van der Waals surface area contributed by atoms with E-state index in [-0.39, 0.29) is 5.75 Å². The summed E-state index contributed by atoms with van der Waals surface area (Å²) < 4.78 is 27.9. The fourth-order valence-corrected chi connectivity index (χ4v) is 4.84. The van der Waals surface area contributed by atoms with Gasteiger partial charge in [-0.25, -0.2) is 8.42 Å². The minimum Gasteiger partial charge on any atom is -0.296 e. The molecule has 0 aromatic heterocycles. The summed E-state index contributed by atoms with van der Waals surface area (Å²) in [4.78, 5) is 2.30. The van der Waals surface area contributed by atoms with Gasteiger partial charge in [0.15, 0.2) is 0 Å². The Morgan fingerprint density at radius 3 is 2.17 bits per heavy atom. The Bertz CT molecular complexity index is 773. The molecule has 24 heavy (non-hydrogen) atoms. The number of halogens is 1. The van der Waals surface area contributed by atoms with Gasteiger partial charge in [0.2, 0.25) is 10.0 Å². The van der Waals surface area contributed by atoms with Crippen LogP contribution in [0.3, 0.4) is 0 Å². The van der Waals surface area contributed by atoms with Crippen LogP contribution in [0.5, 0.6) is 0 Å². The number of piperazine rings is 1. The Morgan fingerprint density at radius 1 is 0.875 bits per heavy atom. The molecule has 1 saturated heterocycles. The Labute approximate surface area is 152 Å². The molecule has 0 atom stereocenters. The molecule has 1 fully saturated rings. The normalized spacial score (nSPS) is 17.0. The van der Waals surface area contributed by atoms with E-state index in [0.29, 0.717) is 13.1 Å². The monoisotopic (exact) mass is 408 g/mol. The zero-order valence-corrected chi connectivity index (χ0v) is 15.8. The maximum atomic E-state index is 12.6. The second-order valence-corrected chi connectivity index (χ2v) is 8.83. The van der Waals surface area contributed by atoms with Crippen molar-refractivity contribution in [1.82, 2.24) is 9.21 Å². The zero-order valence-electron chi connectivity index (χ0n) is 13.4. The first-order chi connectivity index (χ1) is 11.5. The van der Waals surface area contributed by atoms with Gasteiger partial charge in [-0.05, 0) is 17.2 Å². The molecule has 1 aliphatic heterocycles. The molecular formula is C18H21BrN2O2S. The molecule has 0 amide bonds. The van der Waals surface area contributed by atoms with Crippen molar-refractivity contribution in [2.45, 2.75) is 12.3 Å². The summed E-state index contributed by atoms with van der Waals surface area (Å²) in [5, 5.41) is 0. The first-order valence-electron chi connectivity index (χ1n) is 8.02. The second-order valence-electron chi connectivity index (χ2n) is 6.01. The zero-order chi connectivity index (χ0) is 17.0. The highest BCUT2D eigenvalue weighted by Crippen LogP contribution is 2.20. The molecule has 3 rings (SSSR count). The van der Waals surface area contributed by atoms with E-state index in [9.17, 15) is 8.42 Å². The van der Waals surface area contributed by atoms with Gasteiger partial charge in [-0.2, -0.15) is 4.31 Å². The van der Waals surface area contributed by atoms with Gasteiger partial charge in [0.25, 0.3) is 0 Å². The average Bonchev–Trinajstić information content (AvgIpc) is 2.58. The molecule has 0 saturated carbocycles. The van der Waals surface area contributed by atoms with Gasteiger partial charge in [-0.1, -0.05) is 64.5 Å². The number of benzene rings is 2. The average molecular weight is 409 g/mol. The molecule has 0 N–H and O–H groups in total. The Kier molecular flexibility index (Phi) is 5.71. The lowest BCUT2D eigenvalue weighted by Crippen LogP contribution is -2.48. The summed E-state index contributed by atoms with van der Waals surface area (Å²) >= 11 is 3.57. The molecule has 1 heterocycles. The van der Waals surface area contributed by atoms with Gasteiger partial charge in [0.05, 0.1) is 5.75 Å². The quantitative estimate of drug-likeness (QED) is 0.762. The van der Waals surface area contributed by atoms with E-state index in [2.05, 4.69) is 26.9 Å². The summed E-state index contributed by atoms with van der Waals surface area (Å²) in [5.74, 6) is 0.0814. The van der Waals surface area contributed by atoms with Gasteiger partial charge < -0.3 is 0 Å². The van der Waals surface area contributed by atoms with E-state index in [1.54, 1.807) is 4.31 Å². The lowest BCUT2D eigenvalue weighted by molar-refractivity contribution is 0.181. The number of sulfonamides is 1. The third-order valence-corrected chi connectivity index (χ3v) is 6.89. The molecular weight excluding hydrogens is 388 g/mol. The van der Waals surface area contributed by atoms with Crippen molar-refractivity contribution in [3.8, 4) is 0 Å². The first kappa shape index (κ1) is 17.6. The molecule has 0 aliphatic carbocycles. The van der Waals surface area contributed by atoms with E-state index in [1.165, 1.54) is 5.56 Å². The van der Waals surface area contributed by atoms with Crippen LogP contribution < -0.4 is 0 Å². The van der Waals surface area contributed by atoms with Gasteiger partial charge in [0, 0.05) is 37.2 Å². The van der Waals surface area contributed by atoms with Crippen LogP contribution in [0.1, 0.15) is 11.1 Å². The molecule has 2 aromatic carbocycles. The highest BCUT2D eigenvalue weighted by Gasteiger charge is 2.27. The van der Waals surface area contributed by atoms with E-state index < -0.39 is 10.0 Å². The van der Waals surface area contributed by atoms with Crippen LogP contribution in [0.2, 0.25) is 0 Å². The fraction of sp³-hybridized carbons (Fsp3) is 0.333. The standard InChI is InChI=1S/C18H21BrN2O2S/c19-18-9-5-4-8-17(18)14-20-10-12-21(13-11-20)24(22,23)15-16-6-2-1-3-7-16/h1-9H,10-15H2. The lowest BCUT2D eigenvalue weighted by atomic mass is 10.2. The SMILES string of the molecule is O=S(=O)(Cc1ccccc1)N1CCN(Cc2ccccc2Br)CC1. The predicted octanol–water partition coefficient (Wildman–Crippen LogP) is 3.10. The van der Waals surface area contributed by atoms with Crippen molar-refractivity contribution >= 4 is 26.0 Å². The predicted molar refractivity (Wildman–Crippen MR) is 100 cm³/mol. The van der Waals surface area contributed by atoms with E-state index >= 15 is 0 Å². The molecule has 6 heteroatoms. The Balaban J connectivity index is 1.57. The largest absolute Gasteiger partial charge is 0.296 e. The molecule has 1 aliphatic rings. The Morgan fingerprint density at radius 2 is 1.50 bits per heavy atom. The summed E-state index contributed by atoms with van der Waals surface area (Å²) in [6, 6.07) is 17.5. The highest BCUT2D eigenvalue weighted by atomic mass is 79.9. The summed E-state index contributed by atoms with van der Waals surface area (Å²) in [5.41, 5.74) is 2.08. The summed E-state index contributed by atoms with van der Waals surface area (Å²) in [6.45, 7) is 3.47. The van der Waals surface area contributed by atoms with Gasteiger partial charge >= 0.3 is 0 Å². The molecule has 4 nitrogen and oxygen atoms in total. The number of rotatable bonds is 5. The van der Waals surface area contributed by atoms with E-state index in [1.807, 2.05) is 48.5 Å². The van der Waals surface area contributed by atoms with Crippen molar-refractivity contribution < 1.29 is 8.42 Å². The third-order valence-electron chi connectivity index (χ3n) is 4.27. The topological polar surface area (TPSA) is 40.6 Å². The number of nitrogens with zero attached hydrogens (tertiary/aromatic N) is 2. The minimum absolute atomic E-state index is 0.0814. The molecule has 128 valence electrons. The lowest BCUT2D eigenvalue weighted by Gasteiger charge is -2.34. The van der Waals surface area contributed by atoms with Crippen molar-refractivity contribution in [1.29, 1.82) is 0 Å². The molecule has 2 aromatic rings. The van der Waals surface area contributed by atoms with Crippen LogP contribution in [0.4, 0.5) is 0 Å². The summed E-state index contributed by atoms with van der Waals surface area (Å²) in [6.07, 6.45) is 0. The molecule has 0 radical (unpaired) electrons. The van der Waals surface area contributed by atoms with Crippen LogP contribution in [-0.4, -0.2) is 43.8 Å². The summed E-state index contributed by atoms with van der Waals surface area (Å²) in [7, 11) is -3.24. The van der Waals surface area contributed by atoms with Crippen molar-refractivity contribution in [2.75, 3.05) is 26.2 Å². The third kappa shape index (κ3) is 4.45. The number of hydrogen-bond donors (Lipinski definition) is 0. The van der Waals surface area contributed by atoms with Crippen LogP contribution in [0, 0.1) is 0 Å². The first-order valence-corrected chi connectivity index (χ1v) is 10.4. The van der Waals surface area contributed by atoms with Gasteiger partial charge in [0.1, 0.15) is 0 Å². The van der Waals surface area contributed by atoms with Crippen molar-refractivity contribution in [2.24, 2.45) is 0 Å². The van der Waals surface area contributed by atoms with Crippen LogP contribution in [0.15, 0.2) is 59.1 Å². The highest BCUT2D eigenvalue weighted by molar-refractivity contribution is 9.10. The van der Waals surface area contributed by atoms with E-state index in [0.717, 1.165) is 29.7 Å². The molecule has 0 spiro atoms. The second kappa shape index (κ2) is 7.78. The minimum atomic E-state index is -3.24. The Hall–Kier alpha value is -1.21. The molecule has 0 bridgehead atoms.